The lowest BCUT2D eigenvalue weighted by molar-refractivity contribution is 0.174. The number of hydrogen-bond acceptors (Lipinski definition) is 7. The van der Waals surface area contributed by atoms with E-state index in [1.807, 2.05) is 55.4 Å². The molecular formula is C26H32N6O2S. The van der Waals surface area contributed by atoms with Crippen LogP contribution in [0.1, 0.15) is 31.2 Å². The first-order valence-electron chi connectivity index (χ1n) is 12.2. The molecule has 1 aliphatic heterocycles. The summed E-state index contributed by atoms with van der Waals surface area (Å²) in [5, 5.41) is 12.0. The molecule has 3 aromatic rings. The summed E-state index contributed by atoms with van der Waals surface area (Å²) >= 11 is 5.49. The van der Waals surface area contributed by atoms with E-state index < -0.39 is 0 Å². The van der Waals surface area contributed by atoms with E-state index in [-0.39, 0.29) is 6.79 Å². The first-order valence-corrected chi connectivity index (χ1v) is 12.6. The van der Waals surface area contributed by atoms with E-state index in [0.29, 0.717) is 29.6 Å². The fraction of sp³-hybridized carbons (Fsp3) is 0.423. The molecule has 3 N–H and O–H groups in total. The number of rotatable bonds is 7. The quantitative estimate of drug-likeness (QED) is 0.423. The molecule has 0 spiro atoms. The van der Waals surface area contributed by atoms with E-state index in [0.717, 1.165) is 66.0 Å². The van der Waals surface area contributed by atoms with Crippen LogP contribution in [0.3, 0.4) is 0 Å². The third kappa shape index (κ3) is 5.67. The summed E-state index contributed by atoms with van der Waals surface area (Å²) in [4.78, 5) is 11.6. The number of thiocarbonyl (C=S) groups is 1. The summed E-state index contributed by atoms with van der Waals surface area (Å²) in [5.41, 5.74) is 2.08. The van der Waals surface area contributed by atoms with Crippen molar-refractivity contribution >= 4 is 40.0 Å². The van der Waals surface area contributed by atoms with Crippen LogP contribution in [-0.4, -0.2) is 48.6 Å². The largest absolute Gasteiger partial charge is 0.454 e. The molecule has 1 saturated carbocycles. The van der Waals surface area contributed by atoms with Gasteiger partial charge in [-0.2, -0.15) is 4.98 Å². The summed E-state index contributed by atoms with van der Waals surface area (Å²) in [6, 6.07) is 14.5. The van der Waals surface area contributed by atoms with Gasteiger partial charge >= 0.3 is 0 Å². The molecule has 1 aliphatic carbocycles. The van der Waals surface area contributed by atoms with Crippen molar-refractivity contribution in [2.75, 3.05) is 37.6 Å². The van der Waals surface area contributed by atoms with Gasteiger partial charge in [-0.1, -0.05) is 18.2 Å². The smallest absolute Gasteiger partial charge is 0.231 e. The number of benzene rings is 2. The summed E-state index contributed by atoms with van der Waals surface area (Å²) in [7, 11) is 4.04. The van der Waals surface area contributed by atoms with Gasteiger partial charge in [0.15, 0.2) is 16.6 Å². The maximum Gasteiger partial charge on any atom is 0.231 e. The van der Waals surface area contributed by atoms with E-state index in [2.05, 4.69) is 22.0 Å². The SMILES string of the molecule is CN(C)c1nc(N[C@H]2CC[C@@H](CNC(=S)NCc3ccc4c(c3)OCO4)CC2)nc2ccccc12. The minimum atomic E-state index is 0.288. The highest BCUT2D eigenvalue weighted by Gasteiger charge is 2.22. The molecule has 9 heteroatoms. The molecule has 2 aromatic carbocycles. The first kappa shape index (κ1) is 23.4. The van der Waals surface area contributed by atoms with Gasteiger partial charge in [0.05, 0.1) is 5.52 Å². The Morgan fingerprint density at radius 1 is 1.00 bits per heavy atom. The van der Waals surface area contributed by atoms with Gasteiger partial charge in [-0.15, -0.1) is 0 Å². The van der Waals surface area contributed by atoms with Crippen molar-refractivity contribution in [3.63, 3.8) is 0 Å². The second kappa shape index (κ2) is 10.5. The molecular weight excluding hydrogens is 460 g/mol. The van der Waals surface area contributed by atoms with E-state index >= 15 is 0 Å². The van der Waals surface area contributed by atoms with Crippen molar-refractivity contribution in [2.45, 2.75) is 38.3 Å². The van der Waals surface area contributed by atoms with E-state index in [1.165, 1.54) is 0 Å². The van der Waals surface area contributed by atoms with Gasteiger partial charge in [-0.05, 0) is 73.6 Å². The van der Waals surface area contributed by atoms with Gasteiger partial charge in [0, 0.05) is 38.6 Å². The van der Waals surface area contributed by atoms with Crippen LogP contribution < -0.4 is 30.3 Å². The zero-order valence-corrected chi connectivity index (χ0v) is 21.0. The number of aromatic nitrogens is 2. The summed E-state index contributed by atoms with van der Waals surface area (Å²) in [6.45, 7) is 1.83. The lowest BCUT2D eigenvalue weighted by Crippen LogP contribution is -2.39. The van der Waals surface area contributed by atoms with Crippen LogP contribution in [0.15, 0.2) is 42.5 Å². The van der Waals surface area contributed by atoms with Crippen LogP contribution in [0.5, 0.6) is 11.5 Å². The molecule has 8 nitrogen and oxygen atoms in total. The topological polar surface area (TPSA) is 83.6 Å². The van der Waals surface area contributed by atoms with Crippen LogP contribution in [0.2, 0.25) is 0 Å². The molecule has 0 saturated heterocycles. The zero-order chi connectivity index (χ0) is 24.2. The molecule has 184 valence electrons. The third-order valence-electron chi connectivity index (χ3n) is 6.63. The summed E-state index contributed by atoms with van der Waals surface area (Å²) in [6.07, 6.45) is 4.47. The van der Waals surface area contributed by atoms with Gasteiger partial charge in [0.1, 0.15) is 5.82 Å². The van der Waals surface area contributed by atoms with Crippen molar-refractivity contribution in [3.8, 4) is 11.5 Å². The number of fused-ring (bicyclic) bond motifs is 2. The Labute approximate surface area is 211 Å². The van der Waals surface area contributed by atoms with Crippen LogP contribution in [0.4, 0.5) is 11.8 Å². The predicted molar refractivity (Wildman–Crippen MR) is 143 cm³/mol. The number of nitrogens with zero attached hydrogens (tertiary/aromatic N) is 3. The van der Waals surface area contributed by atoms with Crippen LogP contribution in [-0.2, 0) is 6.54 Å². The Kier molecular flexibility index (Phi) is 7.03. The second-order valence-corrected chi connectivity index (χ2v) is 9.80. The monoisotopic (exact) mass is 492 g/mol. The Morgan fingerprint density at radius 3 is 2.63 bits per heavy atom. The molecule has 0 bridgehead atoms. The number of anilines is 2. The number of nitrogens with one attached hydrogen (secondary N) is 3. The number of hydrogen-bond donors (Lipinski definition) is 3. The normalized spacial score (nSPS) is 18.8. The summed E-state index contributed by atoms with van der Waals surface area (Å²) in [5.74, 6) is 3.85. The number of ether oxygens (including phenoxy) is 2. The van der Waals surface area contributed by atoms with Crippen molar-refractivity contribution in [1.82, 2.24) is 20.6 Å². The highest BCUT2D eigenvalue weighted by Crippen LogP contribution is 2.32. The Bertz CT molecular complexity index is 1200. The molecule has 1 aromatic heterocycles. The minimum absolute atomic E-state index is 0.288. The van der Waals surface area contributed by atoms with Gasteiger partial charge in [0.2, 0.25) is 12.7 Å². The molecule has 0 radical (unpaired) electrons. The molecule has 5 rings (SSSR count). The molecule has 0 atom stereocenters. The minimum Gasteiger partial charge on any atom is -0.454 e. The van der Waals surface area contributed by atoms with E-state index in [1.54, 1.807) is 0 Å². The van der Waals surface area contributed by atoms with Gasteiger partial charge in [0.25, 0.3) is 0 Å². The fourth-order valence-corrected chi connectivity index (χ4v) is 4.85. The zero-order valence-electron chi connectivity index (χ0n) is 20.2. The van der Waals surface area contributed by atoms with E-state index in [4.69, 9.17) is 31.7 Å². The average Bonchev–Trinajstić information content (AvgIpc) is 3.34. The second-order valence-electron chi connectivity index (χ2n) is 9.40. The molecule has 0 unspecified atom stereocenters. The molecule has 0 amide bonds. The molecule has 2 heterocycles. The number of para-hydroxylation sites is 1. The Balaban J connectivity index is 1.07. The van der Waals surface area contributed by atoms with Gasteiger partial charge < -0.3 is 30.3 Å². The van der Waals surface area contributed by atoms with Gasteiger partial charge in [-0.3, -0.25) is 0 Å². The lowest BCUT2D eigenvalue weighted by Gasteiger charge is -2.29. The van der Waals surface area contributed by atoms with Crippen molar-refractivity contribution in [2.24, 2.45) is 5.92 Å². The highest BCUT2D eigenvalue weighted by atomic mass is 32.1. The van der Waals surface area contributed by atoms with Crippen molar-refractivity contribution in [3.05, 3.63) is 48.0 Å². The van der Waals surface area contributed by atoms with Crippen LogP contribution in [0, 0.1) is 5.92 Å². The summed E-state index contributed by atoms with van der Waals surface area (Å²) < 4.78 is 10.8. The van der Waals surface area contributed by atoms with Crippen LogP contribution in [0.25, 0.3) is 10.9 Å². The predicted octanol–water partition coefficient (Wildman–Crippen LogP) is 4.06. The molecule has 2 aliphatic rings. The van der Waals surface area contributed by atoms with Crippen LogP contribution >= 0.6 is 12.2 Å². The first-order chi connectivity index (χ1) is 17.0. The fourth-order valence-electron chi connectivity index (χ4n) is 4.69. The van der Waals surface area contributed by atoms with E-state index in [9.17, 15) is 0 Å². The Morgan fingerprint density at radius 2 is 1.80 bits per heavy atom. The third-order valence-corrected chi connectivity index (χ3v) is 6.92. The maximum absolute atomic E-state index is 5.49. The maximum atomic E-state index is 5.49. The molecule has 35 heavy (non-hydrogen) atoms. The van der Waals surface area contributed by atoms with Gasteiger partial charge in [-0.25, -0.2) is 4.98 Å². The standard InChI is InChI=1S/C26H32N6O2S/c1-32(2)24-20-5-3-4-6-21(20)30-25(31-24)29-19-10-7-17(8-11-19)14-27-26(35)28-15-18-9-12-22-23(13-18)34-16-33-22/h3-6,9,12-13,17,19H,7-8,10-11,14-16H2,1-2H3,(H2,27,28,35)(H,29,30,31)/t17-,19+. The lowest BCUT2D eigenvalue weighted by atomic mass is 9.86. The van der Waals surface area contributed by atoms with Crippen molar-refractivity contribution in [1.29, 1.82) is 0 Å². The average molecular weight is 493 g/mol. The molecule has 1 fully saturated rings. The van der Waals surface area contributed by atoms with Crippen molar-refractivity contribution < 1.29 is 9.47 Å². The highest BCUT2D eigenvalue weighted by molar-refractivity contribution is 7.80. The Hall–Kier alpha value is -3.33.